The molecule has 0 fully saturated rings. The van der Waals surface area contributed by atoms with Gasteiger partial charge in [0.1, 0.15) is 10.5 Å². The van der Waals surface area contributed by atoms with Crippen LogP contribution in [0, 0.1) is 10.1 Å². The highest BCUT2D eigenvalue weighted by Crippen LogP contribution is 2.30. The third kappa shape index (κ3) is 2.74. The number of nitro groups is 1. The first kappa shape index (κ1) is 14.4. The second-order valence-corrected chi connectivity index (χ2v) is 5.48. The Hall–Kier alpha value is -2.58. The summed E-state index contributed by atoms with van der Waals surface area (Å²) in [5.74, 6) is 0. The number of hydrogen-bond acceptors (Lipinski definition) is 7. The number of pyridine rings is 1. The van der Waals surface area contributed by atoms with Gasteiger partial charge in [-0.05, 0) is 18.2 Å². The molecule has 0 aliphatic heterocycles. The van der Waals surface area contributed by atoms with Crippen molar-refractivity contribution in [1.82, 2.24) is 9.97 Å². The Labute approximate surface area is 129 Å². The van der Waals surface area contributed by atoms with Crippen LogP contribution in [0.5, 0.6) is 0 Å². The summed E-state index contributed by atoms with van der Waals surface area (Å²) >= 11 is 1.44. The van der Waals surface area contributed by atoms with Gasteiger partial charge in [0.05, 0.1) is 34.8 Å². The average Bonchev–Trinajstić information content (AvgIpc) is 3.00. The molecule has 2 heterocycles. The Kier molecular flexibility index (Phi) is 3.94. The molecule has 0 unspecified atom stereocenters. The molecule has 0 bridgehead atoms. The van der Waals surface area contributed by atoms with Crippen LogP contribution >= 0.6 is 11.3 Å². The van der Waals surface area contributed by atoms with E-state index in [4.69, 9.17) is 5.11 Å². The highest BCUT2D eigenvalue weighted by atomic mass is 32.1. The van der Waals surface area contributed by atoms with E-state index in [0.717, 1.165) is 5.01 Å². The molecule has 112 valence electrons. The lowest BCUT2D eigenvalue weighted by Gasteiger charge is -2.08. The quantitative estimate of drug-likeness (QED) is 0.554. The van der Waals surface area contributed by atoms with Crippen molar-refractivity contribution >= 4 is 33.6 Å². The predicted molar refractivity (Wildman–Crippen MR) is 83.8 cm³/mol. The van der Waals surface area contributed by atoms with Crippen LogP contribution in [-0.4, -0.2) is 20.0 Å². The highest BCUT2D eigenvalue weighted by Gasteiger charge is 2.14. The Morgan fingerprint density at radius 2 is 2.23 bits per heavy atom. The average molecular weight is 316 g/mol. The Balaban J connectivity index is 1.91. The summed E-state index contributed by atoms with van der Waals surface area (Å²) in [5.41, 5.74) is 1.93. The van der Waals surface area contributed by atoms with Gasteiger partial charge in [-0.3, -0.25) is 15.1 Å². The summed E-state index contributed by atoms with van der Waals surface area (Å²) in [4.78, 5) is 19.1. The number of nitrogens with one attached hydrogen (secondary N) is 1. The lowest BCUT2D eigenvalue weighted by Crippen LogP contribution is -2.01. The van der Waals surface area contributed by atoms with Crippen LogP contribution < -0.4 is 5.32 Å². The van der Waals surface area contributed by atoms with Crippen LogP contribution in [0.1, 0.15) is 10.7 Å². The topological polar surface area (TPSA) is 101 Å². The number of rotatable bonds is 5. The van der Waals surface area contributed by atoms with Crippen molar-refractivity contribution in [3.63, 3.8) is 0 Å². The molecule has 0 saturated carbocycles. The zero-order valence-corrected chi connectivity index (χ0v) is 12.2. The van der Waals surface area contributed by atoms with Crippen LogP contribution in [0.15, 0.2) is 35.8 Å². The van der Waals surface area contributed by atoms with Gasteiger partial charge >= 0.3 is 0 Å². The van der Waals surface area contributed by atoms with Gasteiger partial charge in [-0.25, -0.2) is 4.98 Å². The Bertz CT molecular complexity index is 834. The van der Waals surface area contributed by atoms with Crippen LogP contribution in [0.4, 0.5) is 11.4 Å². The van der Waals surface area contributed by atoms with E-state index in [1.807, 2.05) is 0 Å². The van der Waals surface area contributed by atoms with Gasteiger partial charge < -0.3 is 10.4 Å². The number of hydrogen-bond donors (Lipinski definition) is 2. The van der Waals surface area contributed by atoms with Crippen LogP contribution in [0.25, 0.3) is 10.9 Å². The molecule has 8 heteroatoms. The second-order valence-electron chi connectivity index (χ2n) is 4.53. The number of fused-ring (bicyclic) bond motifs is 1. The van der Waals surface area contributed by atoms with Crippen molar-refractivity contribution in [2.45, 2.75) is 13.2 Å². The predicted octanol–water partition coefficient (Wildman–Crippen LogP) is 2.70. The van der Waals surface area contributed by atoms with Crippen molar-refractivity contribution in [2.24, 2.45) is 0 Å². The van der Waals surface area contributed by atoms with Gasteiger partial charge in [0.2, 0.25) is 0 Å². The number of thiazole rings is 1. The monoisotopic (exact) mass is 316 g/mol. The lowest BCUT2D eigenvalue weighted by molar-refractivity contribution is -0.383. The van der Waals surface area contributed by atoms with E-state index in [9.17, 15) is 10.1 Å². The van der Waals surface area contributed by atoms with Gasteiger partial charge in [-0.15, -0.1) is 11.3 Å². The van der Waals surface area contributed by atoms with Crippen molar-refractivity contribution in [3.05, 3.63) is 56.7 Å². The van der Waals surface area contributed by atoms with E-state index in [1.165, 1.54) is 17.4 Å². The number of benzene rings is 1. The van der Waals surface area contributed by atoms with Crippen LogP contribution in [0.2, 0.25) is 0 Å². The molecule has 2 N–H and O–H groups in total. The maximum Gasteiger partial charge on any atom is 0.278 e. The van der Waals surface area contributed by atoms with Crippen molar-refractivity contribution in [2.75, 3.05) is 5.32 Å². The van der Waals surface area contributed by atoms with Crippen molar-refractivity contribution in [3.8, 4) is 0 Å². The van der Waals surface area contributed by atoms with Gasteiger partial charge in [-0.1, -0.05) is 0 Å². The molecule has 7 nitrogen and oxygen atoms in total. The molecular formula is C14H12N4O3S. The third-order valence-electron chi connectivity index (χ3n) is 3.13. The van der Waals surface area contributed by atoms with Gasteiger partial charge in [0.15, 0.2) is 0 Å². The number of non-ortho nitro benzene ring substituents is 1. The second kappa shape index (κ2) is 6.04. The standard InChI is InChI=1S/C14H12N4O3S/c19-7-9-8-22-13(17-9)6-16-11-3-4-12(18(20)21)10-2-1-5-15-14(10)11/h1-5,8,16,19H,6-7H2. The third-order valence-corrected chi connectivity index (χ3v) is 4.03. The van der Waals surface area contributed by atoms with Crippen LogP contribution in [0.3, 0.4) is 0 Å². The summed E-state index contributed by atoms with van der Waals surface area (Å²) < 4.78 is 0. The molecule has 0 radical (unpaired) electrons. The van der Waals surface area contributed by atoms with Gasteiger partial charge in [-0.2, -0.15) is 0 Å². The molecule has 3 rings (SSSR count). The first-order chi connectivity index (χ1) is 10.7. The molecule has 22 heavy (non-hydrogen) atoms. The molecule has 1 aromatic carbocycles. The molecular weight excluding hydrogens is 304 g/mol. The van der Waals surface area contributed by atoms with Crippen molar-refractivity contribution < 1.29 is 10.0 Å². The number of aromatic nitrogens is 2. The maximum absolute atomic E-state index is 11.1. The van der Waals surface area contributed by atoms with E-state index in [0.29, 0.717) is 28.8 Å². The van der Waals surface area contributed by atoms with Crippen molar-refractivity contribution in [1.29, 1.82) is 0 Å². The summed E-state index contributed by atoms with van der Waals surface area (Å²) in [7, 11) is 0. The lowest BCUT2D eigenvalue weighted by atomic mass is 10.1. The molecule has 0 aliphatic carbocycles. The van der Waals surface area contributed by atoms with Crippen LogP contribution in [-0.2, 0) is 13.2 Å². The van der Waals surface area contributed by atoms with E-state index >= 15 is 0 Å². The number of nitro benzene ring substituents is 1. The minimum absolute atomic E-state index is 0.0328. The zero-order valence-electron chi connectivity index (χ0n) is 11.4. The van der Waals surface area contributed by atoms with E-state index in [-0.39, 0.29) is 12.3 Å². The smallest absolute Gasteiger partial charge is 0.278 e. The molecule has 0 spiro atoms. The summed E-state index contributed by atoms with van der Waals surface area (Å²) in [6.07, 6.45) is 1.60. The molecule has 0 saturated heterocycles. The normalized spacial score (nSPS) is 10.8. The summed E-state index contributed by atoms with van der Waals surface area (Å²) in [6.45, 7) is 0.382. The fourth-order valence-electron chi connectivity index (χ4n) is 2.13. The number of nitrogens with zero attached hydrogens (tertiary/aromatic N) is 3. The van der Waals surface area contributed by atoms with Gasteiger partial charge in [0.25, 0.3) is 5.69 Å². The number of anilines is 1. The van der Waals surface area contributed by atoms with E-state index in [1.54, 1.807) is 29.8 Å². The number of aliphatic hydroxyl groups excluding tert-OH is 1. The maximum atomic E-state index is 11.1. The largest absolute Gasteiger partial charge is 0.390 e. The SMILES string of the molecule is O=[N+]([O-])c1ccc(NCc2nc(CO)cs2)c2ncccc12. The van der Waals surface area contributed by atoms with E-state index < -0.39 is 4.92 Å². The molecule has 0 amide bonds. The summed E-state index contributed by atoms with van der Waals surface area (Å²) in [6, 6.07) is 6.47. The minimum Gasteiger partial charge on any atom is -0.390 e. The highest BCUT2D eigenvalue weighted by molar-refractivity contribution is 7.09. The zero-order chi connectivity index (χ0) is 15.5. The first-order valence-corrected chi connectivity index (χ1v) is 7.37. The Morgan fingerprint density at radius 3 is 2.95 bits per heavy atom. The first-order valence-electron chi connectivity index (χ1n) is 6.49. The molecule has 0 atom stereocenters. The number of aliphatic hydroxyl groups is 1. The fraction of sp³-hybridized carbons (Fsp3) is 0.143. The minimum atomic E-state index is -0.415. The van der Waals surface area contributed by atoms with Gasteiger partial charge in [0, 0.05) is 17.6 Å². The summed E-state index contributed by atoms with van der Waals surface area (Å²) in [5, 5.41) is 26.4. The Morgan fingerprint density at radius 1 is 1.36 bits per heavy atom. The fourth-order valence-corrected chi connectivity index (χ4v) is 2.86. The molecule has 0 aliphatic rings. The molecule has 2 aromatic heterocycles. The molecule has 3 aromatic rings. The van der Waals surface area contributed by atoms with E-state index in [2.05, 4.69) is 15.3 Å².